The summed E-state index contributed by atoms with van der Waals surface area (Å²) in [5.74, 6) is 2.15. The molecule has 2 aliphatic carbocycles. The Morgan fingerprint density at radius 3 is 1.92 bits per heavy atom. The average molecular weight is 851 g/mol. The first-order chi connectivity index (χ1) is 35.1. The fraction of sp³-hybridized carbons (Fsp3) is 0.305. The number of fused-ring (bicyclic) bond motifs is 3. The monoisotopic (exact) mass is 851 g/mol. The molecule has 1 saturated heterocycles. The molecule has 3 fully saturated rings. The molecule has 3 aliphatic rings. The summed E-state index contributed by atoms with van der Waals surface area (Å²) < 4.78 is 98.3. The van der Waals surface area contributed by atoms with Gasteiger partial charge in [0.1, 0.15) is 17.3 Å². The molecule has 6 aromatic carbocycles. The average Bonchev–Trinajstić information content (AvgIpc) is 4.12. The van der Waals surface area contributed by atoms with E-state index < -0.39 is 36.3 Å². The van der Waals surface area contributed by atoms with Crippen LogP contribution in [0.5, 0.6) is 11.5 Å². The Morgan fingerprint density at radius 1 is 0.609 bits per heavy atom. The third-order valence-corrected chi connectivity index (χ3v) is 14.3. The number of aromatic nitrogens is 2. The smallest absolute Gasteiger partial charge is 0.137 e. The summed E-state index contributed by atoms with van der Waals surface area (Å²) in [6.45, 7) is 13.5. The van der Waals surface area contributed by atoms with E-state index in [4.69, 9.17) is 17.9 Å². The quantitative estimate of drug-likeness (QED) is 0.160. The lowest BCUT2D eigenvalue weighted by molar-refractivity contribution is 0.187. The largest absolute Gasteiger partial charge is 0.457 e. The molecule has 0 amide bonds. The third kappa shape index (κ3) is 6.87. The molecule has 0 N–H and O–H groups in total. The molecular formula is C59H60N4O. The van der Waals surface area contributed by atoms with Gasteiger partial charge in [-0.05, 0) is 101 Å². The van der Waals surface area contributed by atoms with Crippen LogP contribution in [-0.4, -0.2) is 28.3 Å². The third-order valence-electron chi connectivity index (χ3n) is 14.3. The van der Waals surface area contributed by atoms with Crippen molar-refractivity contribution in [1.29, 1.82) is 0 Å². The molecule has 0 radical (unpaired) electrons. The minimum atomic E-state index is -0.512. The molecule has 0 bridgehead atoms. The number of pyridine rings is 1. The van der Waals surface area contributed by atoms with E-state index in [-0.39, 0.29) is 63.6 Å². The number of benzene rings is 6. The van der Waals surface area contributed by atoms with Crippen LogP contribution < -0.4 is 14.5 Å². The molecule has 3 unspecified atom stereocenters. The van der Waals surface area contributed by atoms with E-state index in [0.717, 1.165) is 77.4 Å². The molecule has 3 atom stereocenters. The molecule has 8 aromatic rings. The van der Waals surface area contributed by atoms with E-state index in [1.165, 1.54) is 5.56 Å². The Hall–Kier alpha value is -6.33. The van der Waals surface area contributed by atoms with Crippen LogP contribution in [0.1, 0.15) is 105 Å². The number of nitrogens with zero attached hydrogens (tertiary/aromatic N) is 4. The zero-order valence-electron chi connectivity index (χ0n) is 47.5. The van der Waals surface area contributed by atoms with Crippen LogP contribution in [0.15, 0.2) is 158 Å². The van der Waals surface area contributed by atoms with Crippen molar-refractivity contribution in [3.63, 3.8) is 0 Å². The van der Waals surface area contributed by atoms with Crippen LogP contribution >= 0.6 is 0 Å². The molecule has 5 heteroatoms. The van der Waals surface area contributed by atoms with Crippen LogP contribution in [0.4, 0.5) is 11.4 Å². The van der Waals surface area contributed by atoms with Gasteiger partial charge >= 0.3 is 0 Å². The van der Waals surface area contributed by atoms with Crippen molar-refractivity contribution >= 4 is 33.2 Å². The fourth-order valence-electron chi connectivity index (χ4n) is 11.3. The predicted molar refractivity (Wildman–Crippen MR) is 267 cm³/mol. The molecule has 322 valence electrons. The number of hydrogen-bond acceptors (Lipinski definition) is 4. The summed E-state index contributed by atoms with van der Waals surface area (Å²) in [6, 6.07) is 26.1. The van der Waals surface area contributed by atoms with Crippen LogP contribution in [-0.2, 0) is 10.8 Å². The molecule has 2 saturated carbocycles. The molecule has 5 nitrogen and oxygen atoms in total. The maximum absolute atomic E-state index is 9.26. The Bertz CT molecular complexity index is 3470. The van der Waals surface area contributed by atoms with Crippen molar-refractivity contribution in [2.24, 2.45) is 5.41 Å². The molecular weight excluding hydrogens is 781 g/mol. The maximum Gasteiger partial charge on any atom is 0.137 e. The van der Waals surface area contributed by atoms with Crippen molar-refractivity contribution in [3.05, 3.63) is 169 Å². The summed E-state index contributed by atoms with van der Waals surface area (Å²) in [6.07, 6.45) is 7.48. The van der Waals surface area contributed by atoms with Crippen LogP contribution in [0.3, 0.4) is 0 Å². The first kappa shape index (κ1) is 30.7. The van der Waals surface area contributed by atoms with Crippen molar-refractivity contribution in [2.75, 3.05) is 16.5 Å². The Labute approximate surface area is 393 Å². The van der Waals surface area contributed by atoms with Gasteiger partial charge < -0.3 is 14.5 Å². The van der Waals surface area contributed by atoms with Gasteiger partial charge in [0.25, 0.3) is 0 Å². The highest BCUT2D eigenvalue weighted by Crippen LogP contribution is 2.59. The first-order valence-electron chi connectivity index (χ1n) is 27.7. The number of para-hydroxylation sites is 2. The maximum atomic E-state index is 9.26. The highest BCUT2D eigenvalue weighted by atomic mass is 16.5. The second-order valence-electron chi connectivity index (χ2n) is 20.1. The summed E-state index contributed by atoms with van der Waals surface area (Å²) in [7, 11) is 0. The SMILES string of the molecule is [2H]c1c([2H])c([2H])c(-c2cccc(-c3c([2H])c([2H])c([2H])c([2H])c3[2H])c2N2CN(c3cc(Oc4ccc5c6ccccc6n(-c6cc(C(C)(C)C)ccn6)c5c4)cc(C(C)(C)C)c3)C3CCCC34CCCC24)c([2H])c1[2H]. The Morgan fingerprint density at radius 2 is 1.25 bits per heavy atom. The van der Waals surface area contributed by atoms with Crippen molar-refractivity contribution in [1.82, 2.24) is 9.55 Å². The topological polar surface area (TPSA) is 33.5 Å². The van der Waals surface area contributed by atoms with Gasteiger partial charge in [0, 0.05) is 63.4 Å². The van der Waals surface area contributed by atoms with Gasteiger partial charge in [-0.3, -0.25) is 4.57 Å². The predicted octanol–water partition coefficient (Wildman–Crippen LogP) is 15.3. The lowest BCUT2D eigenvalue weighted by Crippen LogP contribution is -2.64. The number of ether oxygens (including phenoxy) is 1. The summed E-state index contributed by atoms with van der Waals surface area (Å²) in [5, 5.41) is 2.19. The van der Waals surface area contributed by atoms with Crippen LogP contribution in [0, 0.1) is 5.41 Å². The molecule has 3 heterocycles. The van der Waals surface area contributed by atoms with Crippen molar-refractivity contribution in [3.8, 4) is 39.6 Å². The van der Waals surface area contributed by atoms with Crippen molar-refractivity contribution in [2.45, 2.75) is 103 Å². The number of rotatable bonds is 7. The fourth-order valence-corrected chi connectivity index (χ4v) is 11.3. The second kappa shape index (κ2) is 15.4. The highest BCUT2D eigenvalue weighted by molar-refractivity contribution is 6.09. The first-order valence-corrected chi connectivity index (χ1v) is 22.7. The Kier molecular flexibility index (Phi) is 7.40. The van der Waals surface area contributed by atoms with E-state index in [1.807, 2.05) is 12.3 Å². The van der Waals surface area contributed by atoms with E-state index in [2.05, 4.69) is 123 Å². The normalized spacial score (nSPS) is 22.1. The van der Waals surface area contributed by atoms with Gasteiger partial charge in [0.15, 0.2) is 0 Å². The second-order valence-corrected chi connectivity index (χ2v) is 20.1. The molecule has 11 rings (SSSR count). The van der Waals surface area contributed by atoms with E-state index in [1.54, 1.807) is 18.2 Å². The van der Waals surface area contributed by atoms with Gasteiger partial charge in [0.2, 0.25) is 0 Å². The van der Waals surface area contributed by atoms with Crippen LogP contribution in [0.2, 0.25) is 0 Å². The molecule has 1 aliphatic heterocycles. The standard InChI is InChI=1S/C59H60N4O/c1-57(2,3)42-30-33-60-55(36-42)63-51-25-14-13-22-49(51)50-29-28-45(38-52(50)63)64-46-35-43(58(4,5)6)34-44(37-46)61-39-62(54-27-17-32-59(54)31-16-26-53(59)61)56-47(40-18-9-7-10-19-40)23-15-24-48(56)41-20-11-8-12-21-41/h7-15,18-25,28-30,33-38,53-54H,16-17,26-27,31-32,39H2,1-6H3/i7D,8D,9D,10D,11D,12D,18D,19D,20D,21D. The van der Waals surface area contributed by atoms with Gasteiger partial charge in [-0.2, -0.15) is 0 Å². The van der Waals surface area contributed by atoms with Gasteiger partial charge in [-0.25, -0.2) is 4.98 Å². The lowest BCUT2D eigenvalue weighted by atomic mass is 9.73. The van der Waals surface area contributed by atoms with E-state index in [0.29, 0.717) is 35.0 Å². The summed E-state index contributed by atoms with van der Waals surface area (Å²) in [4.78, 5) is 9.63. The minimum absolute atomic E-state index is 0.00790. The zero-order valence-corrected chi connectivity index (χ0v) is 37.5. The summed E-state index contributed by atoms with van der Waals surface area (Å²) >= 11 is 0. The van der Waals surface area contributed by atoms with E-state index in [9.17, 15) is 5.48 Å². The highest BCUT2D eigenvalue weighted by Gasteiger charge is 2.58. The zero-order chi connectivity index (χ0) is 52.5. The Balaban J connectivity index is 1.10. The van der Waals surface area contributed by atoms with Gasteiger partial charge in [-0.15, -0.1) is 0 Å². The van der Waals surface area contributed by atoms with Crippen molar-refractivity contribution < 1.29 is 18.4 Å². The van der Waals surface area contributed by atoms with Crippen LogP contribution in [0.25, 0.3) is 49.9 Å². The molecule has 64 heavy (non-hydrogen) atoms. The van der Waals surface area contributed by atoms with Gasteiger partial charge in [-0.1, -0.05) is 151 Å². The lowest BCUT2D eigenvalue weighted by Gasteiger charge is -2.56. The summed E-state index contributed by atoms with van der Waals surface area (Å²) in [5.41, 5.74) is 5.73. The molecule has 2 aromatic heterocycles. The minimum Gasteiger partial charge on any atom is -0.457 e. The van der Waals surface area contributed by atoms with Gasteiger partial charge in [0.05, 0.1) is 37.1 Å². The number of anilines is 2. The number of hydrogen-bond donors (Lipinski definition) is 0. The van der Waals surface area contributed by atoms with E-state index >= 15 is 0 Å². The molecule has 1 spiro atoms.